The summed E-state index contributed by atoms with van der Waals surface area (Å²) in [7, 11) is 0. The second kappa shape index (κ2) is 5.94. The van der Waals surface area contributed by atoms with E-state index < -0.39 is 24.9 Å². The number of carboxylic acids is 1. The number of carboxylic acid groups (broad SMARTS) is 1. The molecule has 0 saturated carbocycles. The number of halogens is 1. The molecule has 0 aliphatic heterocycles. The Kier molecular flexibility index (Phi) is 5.62. The van der Waals surface area contributed by atoms with Gasteiger partial charge in [-0.1, -0.05) is 13.3 Å². The van der Waals surface area contributed by atoms with Crippen LogP contribution in [0.1, 0.15) is 26.7 Å². The van der Waals surface area contributed by atoms with Crippen molar-refractivity contribution in [2.75, 3.05) is 6.61 Å². The fourth-order valence-electron chi connectivity index (χ4n) is 0.908. The van der Waals surface area contributed by atoms with Crippen molar-refractivity contribution in [1.82, 2.24) is 0 Å². The second-order valence-electron chi connectivity index (χ2n) is 2.71. The minimum Gasteiger partial charge on any atom is -0.480 e. The molecule has 0 amide bonds. The molecule has 4 heteroatoms. The van der Waals surface area contributed by atoms with E-state index in [0.29, 0.717) is 6.42 Å². The Morgan fingerprint density at radius 3 is 2.58 bits per heavy atom. The van der Waals surface area contributed by atoms with Crippen LogP contribution in [0.4, 0.5) is 4.39 Å². The van der Waals surface area contributed by atoms with E-state index in [0.717, 1.165) is 6.42 Å². The van der Waals surface area contributed by atoms with Crippen LogP contribution in [0.2, 0.25) is 0 Å². The van der Waals surface area contributed by atoms with Gasteiger partial charge in [-0.05, 0) is 13.3 Å². The molecule has 1 N–H and O–H groups in total. The number of carbonyl (C=O) groups is 1. The van der Waals surface area contributed by atoms with E-state index in [1.165, 1.54) is 6.92 Å². The summed E-state index contributed by atoms with van der Waals surface area (Å²) in [4.78, 5) is 10.1. The quantitative estimate of drug-likeness (QED) is 0.672. The summed E-state index contributed by atoms with van der Waals surface area (Å²) in [5.41, 5.74) is 0. The van der Waals surface area contributed by atoms with Crippen LogP contribution in [-0.4, -0.2) is 30.0 Å². The van der Waals surface area contributed by atoms with Gasteiger partial charge in [0.15, 0.2) is 0 Å². The first kappa shape index (κ1) is 11.4. The van der Waals surface area contributed by atoms with Gasteiger partial charge in [-0.3, -0.25) is 0 Å². The van der Waals surface area contributed by atoms with E-state index in [1.54, 1.807) is 0 Å². The van der Waals surface area contributed by atoms with Crippen LogP contribution < -0.4 is 0 Å². The summed E-state index contributed by atoms with van der Waals surface area (Å²) in [5.74, 6) is -1.06. The molecule has 72 valence electrons. The van der Waals surface area contributed by atoms with Gasteiger partial charge in [-0.2, -0.15) is 0 Å². The molecule has 0 fully saturated rings. The molecule has 0 radical (unpaired) electrons. The van der Waals surface area contributed by atoms with Gasteiger partial charge < -0.3 is 9.84 Å². The van der Waals surface area contributed by atoms with Gasteiger partial charge >= 0.3 is 5.97 Å². The van der Waals surface area contributed by atoms with E-state index >= 15 is 0 Å². The SMILES string of the molecule is CCCC(OCC(=O)O)C(C)F. The molecule has 0 aromatic heterocycles. The van der Waals surface area contributed by atoms with Gasteiger partial charge in [0.2, 0.25) is 0 Å². The van der Waals surface area contributed by atoms with Crippen molar-refractivity contribution in [3.63, 3.8) is 0 Å². The highest BCUT2D eigenvalue weighted by atomic mass is 19.1. The first-order valence-corrected chi connectivity index (χ1v) is 4.05. The molecular formula is C8H15FO3. The minimum absolute atomic E-state index is 0.418. The monoisotopic (exact) mass is 178 g/mol. The largest absolute Gasteiger partial charge is 0.480 e. The van der Waals surface area contributed by atoms with Crippen molar-refractivity contribution in [2.24, 2.45) is 0 Å². The fourth-order valence-corrected chi connectivity index (χ4v) is 0.908. The van der Waals surface area contributed by atoms with Crippen molar-refractivity contribution in [2.45, 2.75) is 39.0 Å². The molecule has 0 saturated heterocycles. The molecule has 0 aliphatic carbocycles. The lowest BCUT2D eigenvalue weighted by atomic mass is 10.1. The van der Waals surface area contributed by atoms with Crippen molar-refractivity contribution in [3.8, 4) is 0 Å². The molecular weight excluding hydrogens is 163 g/mol. The molecule has 0 aromatic rings. The second-order valence-corrected chi connectivity index (χ2v) is 2.71. The van der Waals surface area contributed by atoms with Gasteiger partial charge in [-0.25, -0.2) is 9.18 Å². The van der Waals surface area contributed by atoms with E-state index in [-0.39, 0.29) is 0 Å². The molecule has 0 aliphatic rings. The summed E-state index contributed by atoms with van der Waals surface area (Å²) < 4.78 is 17.5. The van der Waals surface area contributed by atoms with Gasteiger partial charge in [0, 0.05) is 0 Å². The zero-order chi connectivity index (χ0) is 9.56. The molecule has 0 heterocycles. The third kappa shape index (κ3) is 5.07. The zero-order valence-electron chi connectivity index (χ0n) is 7.42. The van der Waals surface area contributed by atoms with Crippen LogP contribution in [0.15, 0.2) is 0 Å². The summed E-state index contributed by atoms with van der Waals surface area (Å²) in [5, 5.41) is 8.26. The normalized spacial score (nSPS) is 15.6. The van der Waals surface area contributed by atoms with Gasteiger partial charge in [0.1, 0.15) is 12.8 Å². The van der Waals surface area contributed by atoms with Gasteiger partial charge in [0.25, 0.3) is 0 Å². The Bertz CT molecular complexity index is 136. The molecule has 12 heavy (non-hydrogen) atoms. The Balaban J connectivity index is 3.70. The van der Waals surface area contributed by atoms with Crippen molar-refractivity contribution in [3.05, 3.63) is 0 Å². The topological polar surface area (TPSA) is 46.5 Å². The first-order valence-electron chi connectivity index (χ1n) is 4.05. The lowest BCUT2D eigenvalue weighted by molar-refractivity contribution is -0.145. The lowest BCUT2D eigenvalue weighted by Crippen LogP contribution is -2.25. The molecule has 2 unspecified atom stereocenters. The fraction of sp³-hybridized carbons (Fsp3) is 0.875. The smallest absolute Gasteiger partial charge is 0.329 e. The van der Waals surface area contributed by atoms with Crippen molar-refractivity contribution in [1.29, 1.82) is 0 Å². The van der Waals surface area contributed by atoms with Crippen molar-refractivity contribution >= 4 is 5.97 Å². The van der Waals surface area contributed by atoms with Gasteiger partial charge in [-0.15, -0.1) is 0 Å². The van der Waals surface area contributed by atoms with Crippen LogP contribution in [0.25, 0.3) is 0 Å². The van der Waals surface area contributed by atoms with Crippen molar-refractivity contribution < 1.29 is 19.0 Å². The maximum Gasteiger partial charge on any atom is 0.329 e. The number of aliphatic carboxylic acids is 1. The number of hydrogen-bond acceptors (Lipinski definition) is 2. The molecule has 0 spiro atoms. The zero-order valence-corrected chi connectivity index (χ0v) is 7.42. The number of hydrogen-bond donors (Lipinski definition) is 1. The third-order valence-corrected chi connectivity index (χ3v) is 1.51. The molecule has 2 atom stereocenters. The molecule has 0 rings (SSSR count). The highest BCUT2D eigenvalue weighted by molar-refractivity contribution is 5.68. The van der Waals surface area contributed by atoms with Crippen LogP contribution in [-0.2, 0) is 9.53 Å². The van der Waals surface area contributed by atoms with E-state index in [4.69, 9.17) is 9.84 Å². The summed E-state index contributed by atoms with van der Waals surface area (Å²) in [6.07, 6.45) is -0.334. The van der Waals surface area contributed by atoms with Crippen LogP contribution in [0, 0.1) is 0 Å². The number of rotatable bonds is 6. The van der Waals surface area contributed by atoms with E-state index in [1.807, 2.05) is 6.92 Å². The van der Waals surface area contributed by atoms with Crippen LogP contribution >= 0.6 is 0 Å². The summed E-state index contributed by atoms with van der Waals surface area (Å²) in [6, 6.07) is 0. The van der Waals surface area contributed by atoms with Crippen LogP contribution in [0.5, 0.6) is 0 Å². The van der Waals surface area contributed by atoms with Gasteiger partial charge in [0.05, 0.1) is 6.10 Å². The highest BCUT2D eigenvalue weighted by Crippen LogP contribution is 2.09. The Morgan fingerprint density at radius 1 is 1.67 bits per heavy atom. The maximum atomic E-state index is 12.7. The summed E-state index contributed by atoms with van der Waals surface area (Å²) in [6.45, 7) is 2.86. The Labute approximate surface area is 71.5 Å². The minimum atomic E-state index is -1.11. The standard InChI is InChI=1S/C8H15FO3/c1-3-4-7(6(2)9)12-5-8(10)11/h6-7H,3-5H2,1-2H3,(H,10,11). The maximum absolute atomic E-state index is 12.7. The van der Waals surface area contributed by atoms with E-state index in [9.17, 15) is 9.18 Å². The predicted molar refractivity (Wildman–Crippen MR) is 42.9 cm³/mol. The molecule has 3 nitrogen and oxygen atoms in total. The Hall–Kier alpha value is -0.640. The Morgan fingerprint density at radius 2 is 2.25 bits per heavy atom. The average molecular weight is 178 g/mol. The third-order valence-electron chi connectivity index (χ3n) is 1.51. The first-order chi connectivity index (χ1) is 5.57. The predicted octanol–water partition coefficient (Wildman–Crippen LogP) is 1.61. The molecule has 0 aromatic carbocycles. The molecule has 0 bridgehead atoms. The average Bonchev–Trinajstić information content (AvgIpc) is 1.96. The lowest BCUT2D eigenvalue weighted by Gasteiger charge is -2.16. The summed E-state index contributed by atoms with van der Waals surface area (Å²) >= 11 is 0. The van der Waals surface area contributed by atoms with E-state index in [2.05, 4.69) is 0 Å². The highest BCUT2D eigenvalue weighted by Gasteiger charge is 2.16. The number of alkyl halides is 1. The number of ether oxygens (including phenoxy) is 1. The van der Waals surface area contributed by atoms with Crippen LogP contribution in [0.3, 0.4) is 0 Å².